The van der Waals surface area contributed by atoms with E-state index >= 15 is 0 Å². The summed E-state index contributed by atoms with van der Waals surface area (Å²) in [6.45, 7) is 4.84. The number of hydrogen-bond donors (Lipinski definition) is 0. The Labute approximate surface area is 154 Å². The van der Waals surface area contributed by atoms with Crippen molar-refractivity contribution in [3.8, 4) is 5.75 Å². The van der Waals surface area contributed by atoms with E-state index in [4.69, 9.17) is 9.47 Å². The first kappa shape index (κ1) is 17.2. The number of fused-ring (bicyclic) bond motifs is 2. The average molecular weight is 354 g/mol. The predicted octanol–water partition coefficient (Wildman–Crippen LogP) is 1.97. The Balaban J connectivity index is 1.65. The Bertz CT molecular complexity index is 765. The van der Waals surface area contributed by atoms with Crippen LogP contribution in [0.5, 0.6) is 5.75 Å². The third-order valence-corrected chi connectivity index (χ3v) is 4.98. The van der Waals surface area contributed by atoms with Gasteiger partial charge < -0.3 is 19.3 Å². The quantitative estimate of drug-likeness (QED) is 0.840. The van der Waals surface area contributed by atoms with Crippen LogP contribution in [0.4, 0.5) is 5.82 Å². The zero-order valence-electron chi connectivity index (χ0n) is 15.5. The molecule has 1 saturated heterocycles. The summed E-state index contributed by atoms with van der Waals surface area (Å²) in [6, 6.07) is 8.23. The molecular formula is C20H26N4O2. The smallest absolute Gasteiger partial charge is 0.136 e. The van der Waals surface area contributed by atoms with Crippen molar-refractivity contribution in [2.45, 2.75) is 13.0 Å². The number of nitrogens with zero attached hydrogens (tertiary/aromatic N) is 4. The van der Waals surface area contributed by atoms with Crippen molar-refractivity contribution in [1.82, 2.24) is 14.9 Å². The molecule has 2 aliphatic rings. The summed E-state index contributed by atoms with van der Waals surface area (Å²) >= 11 is 0. The molecule has 0 radical (unpaired) electrons. The van der Waals surface area contributed by atoms with Gasteiger partial charge >= 0.3 is 0 Å². The second-order valence-corrected chi connectivity index (χ2v) is 7.34. The van der Waals surface area contributed by atoms with Crippen LogP contribution in [0.2, 0.25) is 0 Å². The largest absolute Gasteiger partial charge is 0.487 e. The maximum Gasteiger partial charge on any atom is 0.136 e. The molecule has 0 saturated carbocycles. The minimum atomic E-state index is 0.465. The number of anilines is 1. The van der Waals surface area contributed by atoms with Crippen molar-refractivity contribution in [1.29, 1.82) is 0 Å². The Morgan fingerprint density at radius 1 is 1.23 bits per heavy atom. The summed E-state index contributed by atoms with van der Waals surface area (Å²) in [4.78, 5) is 13.8. The third kappa shape index (κ3) is 3.66. The molecule has 4 rings (SSSR count). The van der Waals surface area contributed by atoms with Gasteiger partial charge in [-0.2, -0.15) is 0 Å². The summed E-state index contributed by atoms with van der Waals surface area (Å²) in [5.41, 5.74) is 3.36. The van der Waals surface area contributed by atoms with Crippen LogP contribution in [0.15, 0.2) is 30.6 Å². The first-order chi connectivity index (χ1) is 12.7. The third-order valence-electron chi connectivity index (χ3n) is 4.98. The fraction of sp³-hybridized carbons (Fsp3) is 0.500. The van der Waals surface area contributed by atoms with Crippen molar-refractivity contribution < 1.29 is 9.47 Å². The van der Waals surface area contributed by atoms with Crippen LogP contribution >= 0.6 is 0 Å². The van der Waals surface area contributed by atoms with Gasteiger partial charge in [0.1, 0.15) is 24.5 Å². The lowest BCUT2D eigenvalue weighted by Gasteiger charge is -2.28. The molecule has 3 heterocycles. The lowest BCUT2D eigenvalue weighted by molar-refractivity contribution is 0.113. The Morgan fingerprint density at radius 3 is 3.00 bits per heavy atom. The molecule has 0 spiro atoms. The fourth-order valence-corrected chi connectivity index (χ4v) is 3.84. The number of para-hydroxylation sites is 1. The number of ether oxygens (including phenoxy) is 2. The Kier molecular flexibility index (Phi) is 5.04. The average Bonchev–Trinajstić information content (AvgIpc) is 2.97. The molecule has 0 N–H and O–H groups in total. The molecular weight excluding hydrogens is 328 g/mol. The molecule has 0 aliphatic carbocycles. The van der Waals surface area contributed by atoms with Gasteiger partial charge in [0.2, 0.25) is 0 Å². The van der Waals surface area contributed by atoms with E-state index in [2.05, 4.69) is 46.0 Å². The van der Waals surface area contributed by atoms with E-state index in [0.29, 0.717) is 12.5 Å². The van der Waals surface area contributed by atoms with Gasteiger partial charge in [0, 0.05) is 37.5 Å². The Morgan fingerprint density at radius 2 is 2.12 bits per heavy atom. The van der Waals surface area contributed by atoms with Crippen LogP contribution in [0.3, 0.4) is 0 Å². The van der Waals surface area contributed by atoms with E-state index in [0.717, 1.165) is 56.5 Å². The van der Waals surface area contributed by atoms with E-state index in [1.807, 2.05) is 12.1 Å². The van der Waals surface area contributed by atoms with Gasteiger partial charge in [-0.1, -0.05) is 18.2 Å². The minimum absolute atomic E-state index is 0.465. The molecule has 26 heavy (non-hydrogen) atoms. The van der Waals surface area contributed by atoms with E-state index in [1.54, 1.807) is 6.33 Å². The van der Waals surface area contributed by atoms with Crippen LogP contribution in [0.1, 0.15) is 16.8 Å². The van der Waals surface area contributed by atoms with E-state index < -0.39 is 0 Å². The van der Waals surface area contributed by atoms with Crippen molar-refractivity contribution in [2.75, 3.05) is 51.8 Å². The summed E-state index contributed by atoms with van der Waals surface area (Å²) in [5.74, 6) is 2.44. The van der Waals surface area contributed by atoms with Gasteiger partial charge in [-0.05, 0) is 25.7 Å². The molecule has 0 amide bonds. The van der Waals surface area contributed by atoms with Crippen molar-refractivity contribution >= 4 is 5.82 Å². The first-order valence-corrected chi connectivity index (χ1v) is 9.21. The van der Waals surface area contributed by atoms with Crippen molar-refractivity contribution in [3.05, 3.63) is 47.4 Å². The van der Waals surface area contributed by atoms with Gasteiger partial charge in [0.25, 0.3) is 0 Å². The highest BCUT2D eigenvalue weighted by Crippen LogP contribution is 2.32. The molecule has 1 fully saturated rings. The van der Waals surface area contributed by atoms with E-state index in [1.165, 1.54) is 11.1 Å². The van der Waals surface area contributed by atoms with Gasteiger partial charge in [0.05, 0.1) is 18.9 Å². The highest BCUT2D eigenvalue weighted by atomic mass is 16.5. The lowest BCUT2D eigenvalue weighted by atomic mass is 10.0. The highest BCUT2D eigenvalue weighted by Gasteiger charge is 2.25. The summed E-state index contributed by atoms with van der Waals surface area (Å²) < 4.78 is 11.8. The first-order valence-electron chi connectivity index (χ1n) is 9.21. The zero-order chi connectivity index (χ0) is 17.9. The molecule has 1 aromatic heterocycles. The number of benzene rings is 1. The SMILES string of the molecule is CN(C)C[C@@H]1COCCN(c2ncnc3c2Cc2ccccc2OC3)C1. The predicted molar refractivity (Wildman–Crippen MR) is 101 cm³/mol. The minimum Gasteiger partial charge on any atom is -0.487 e. The molecule has 6 nitrogen and oxygen atoms in total. The number of rotatable bonds is 3. The topological polar surface area (TPSA) is 50.7 Å². The zero-order valence-corrected chi connectivity index (χ0v) is 15.5. The van der Waals surface area contributed by atoms with Crippen LogP contribution in [-0.4, -0.2) is 61.8 Å². The maximum atomic E-state index is 5.98. The van der Waals surface area contributed by atoms with Crippen molar-refractivity contribution in [3.63, 3.8) is 0 Å². The van der Waals surface area contributed by atoms with Crippen molar-refractivity contribution in [2.24, 2.45) is 5.92 Å². The van der Waals surface area contributed by atoms with Gasteiger partial charge in [0.15, 0.2) is 0 Å². The molecule has 2 aromatic rings. The standard InChI is InChI=1S/C20H26N4O2/c1-23(2)10-15-11-24(7-8-25-12-15)20-17-9-16-5-3-4-6-19(16)26-13-18(17)21-14-22-20/h3-6,14-15H,7-13H2,1-2H3/t15-/m0/s1. The molecule has 0 unspecified atom stereocenters. The molecule has 1 atom stereocenters. The lowest BCUT2D eigenvalue weighted by Crippen LogP contribution is -2.36. The summed E-state index contributed by atoms with van der Waals surface area (Å²) in [7, 11) is 4.22. The van der Waals surface area contributed by atoms with Crippen LogP contribution < -0.4 is 9.64 Å². The maximum absolute atomic E-state index is 5.98. The van der Waals surface area contributed by atoms with Gasteiger partial charge in [-0.15, -0.1) is 0 Å². The molecule has 138 valence electrons. The number of hydrogen-bond acceptors (Lipinski definition) is 6. The van der Waals surface area contributed by atoms with Crippen LogP contribution in [-0.2, 0) is 17.8 Å². The van der Waals surface area contributed by atoms with E-state index in [-0.39, 0.29) is 0 Å². The second kappa shape index (κ2) is 7.60. The second-order valence-electron chi connectivity index (χ2n) is 7.34. The summed E-state index contributed by atoms with van der Waals surface area (Å²) in [5, 5.41) is 0. The summed E-state index contributed by atoms with van der Waals surface area (Å²) in [6.07, 6.45) is 2.47. The van der Waals surface area contributed by atoms with Gasteiger partial charge in [-0.3, -0.25) is 0 Å². The van der Waals surface area contributed by atoms with E-state index in [9.17, 15) is 0 Å². The van der Waals surface area contributed by atoms with Crippen LogP contribution in [0, 0.1) is 5.92 Å². The van der Waals surface area contributed by atoms with Crippen LogP contribution in [0.25, 0.3) is 0 Å². The normalized spacial score (nSPS) is 20.0. The Hall–Kier alpha value is -2.18. The molecule has 1 aromatic carbocycles. The molecule has 2 aliphatic heterocycles. The van der Waals surface area contributed by atoms with Gasteiger partial charge in [-0.25, -0.2) is 9.97 Å². The molecule has 6 heteroatoms. The number of aromatic nitrogens is 2. The fourth-order valence-electron chi connectivity index (χ4n) is 3.84. The monoisotopic (exact) mass is 354 g/mol. The molecule has 0 bridgehead atoms. The highest BCUT2D eigenvalue weighted by molar-refractivity contribution is 5.53.